The van der Waals surface area contributed by atoms with Crippen molar-refractivity contribution in [2.24, 2.45) is 5.41 Å². The molecule has 0 spiro atoms. The van der Waals surface area contributed by atoms with Gasteiger partial charge in [0.1, 0.15) is 18.8 Å². The minimum absolute atomic E-state index is 0.00322. The van der Waals surface area contributed by atoms with Crippen LogP contribution in [0.3, 0.4) is 0 Å². The van der Waals surface area contributed by atoms with Gasteiger partial charge in [0.15, 0.2) is 0 Å². The monoisotopic (exact) mass is 511 g/mol. The zero-order valence-electron chi connectivity index (χ0n) is 22.6. The summed E-state index contributed by atoms with van der Waals surface area (Å²) < 4.78 is 4.70. The SMILES string of the molecule is C=CC(=O)N(C(=O)CC)C(C)(C)CC(C)(C)C(=O)N[C@@H](C)C(=O)N[C@H](C)C(=O)NCC(=O)NCOC. The molecule has 6 amide bonds. The zero-order valence-corrected chi connectivity index (χ0v) is 22.6. The number of carbonyl (C=O) groups excluding carboxylic acids is 6. The minimum Gasteiger partial charge on any atom is -0.364 e. The van der Waals surface area contributed by atoms with Gasteiger partial charge in [-0.25, -0.2) is 0 Å². The van der Waals surface area contributed by atoms with E-state index in [0.717, 1.165) is 11.0 Å². The van der Waals surface area contributed by atoms with Crippen molar-refractivity contribution in [2.45, 2.75) is 78.9 Å². The number of rotatable bonds is 14. The number of methoxy groups -OCH3 is 1. The lowest BCUT2D eigenvalue weighted by Crippen LogP contribution is -2.56. The average molecular weight is 512 g/mol. The molecule has 0 aromatic rings. The number of hydrogen-bond acceptors (Lipinski definition) is 7. The second-order valence-electron chi connectivity index (χ2n) is 9.67. The molecule has 0 aliphatic carbocycles. The minimum atomic E-state index is -1.07. The standard InChI is InChI=1S/C24H41N5O7/c1-10-18(31)29(19(32)11-2)24(7,8)13-23(5,6)22(35)28-16(4)21(34)27-15(3)20(33)25-12-17(30)26-14-36-9/h10,15-16H,1,11-14H2,2-9H3,(H,25,33)(H,26,30)(H,27,34)(H,28,35)/t15-,16+/m1/s1. The molecule has 12 heteroatoms. The summed E-state index contributed by atoms with van der Waals surface area (Å²) in [4.78, 5) is 75.1. The highest BCUT2D eigenvalue weighted by Gasteiger charge is 2.42. The van der Waals surface area contributed by atoms with Gasteiger partial charge in [0.05, 0.1) is 6.54 Å². The molecule has 36 heavy (non-hydrogen) atoms. The maximum absolute atomic E-state index is 13.0. The highest BCUT2D eigenvalue weighted by Crippen LogP contribution is 2.33. The molecule has 204 valence electrons. The van der Waals surface area contributed by atoms with Crippen molar-refractivity contribution in [3.05, 3.63) is 12.7 Å². The van der Waals surface area contributed by atoms with Gasteiger partial charge in [-0.2, -0.15) is 0 Å². The molecule has 0 aromatic carbocycles. The molecule has 0 fully saturated rings. The summed E-state index contributed by atoms with van der Waals surface area (Å²) in [6.45, 7) is 14.4. The molecule has 0 saturated carbocycles. The van der Waals surface area contributed by atoms with E-state index in [0.29, 0.717) is 0 Å². The largest absolute Gasteiger partial charge is 0.364 e. The second kappa shape index (κ2) is 14.3. The van der Waals surface area contributed by atoms with Crippen LogP contribution in [-0.2, 0) is 33.5 Å². The van der Waals surface area contributed by atoms with E-state index in [1.165, 1.54) is 21.0 Å². The Bertz CT molecular complexity index is 854. The zero-order chi connectivity index (χ0) is 28.3. The van der Waals surface area contributed by atoms with E-state index < -0.39 is 58.5 Å². The summed E-state index contributed by atoms with van der Waals surface area (Å²) in [6.07, 6.45) is 1.28. The third-order valence-corrected chi connectivity index (χ3v) is 5.37. The van der Waals surface area contributed by atoms with E-state index in [-0.39, 0.29) is 26.1 Å². The second-order valence-corrected chi connectivity index (χ2v) is 9.67. The summed E-state index contributed by atoms with van der Waals surface area (Å²) >= 11 is 0. The van der Waals surface area contributed by atoms with Gasteiger partial charge in [-0.15, -0.1) is 0 Å². The van der Waals surface area contributed by atoms with Crippen LogP contribution in [0.4, 0.5) is 0 Å². The number of amides is 6. The molecular weight excluding hydrogens is 470 g/mol. The van der Waals surface area contributed by atoms with Gasteiger partial charge in [-0.3, -0.25) is 33.7 Å². The molecule has 0 aliphatic rings. The van der Waals surface area contributed by atoms with E-state index in [4.69, 9.17) is 4.74 Å². The predicted octanol–water partition coefficient (Wildman–Crippen LogP) is -0.0218. The van der Waals surface area contributed by atoms with Crippen LogP contribution in [0.25, 0.3) is 0 Å². The average Bonchev–Trinajstić information content (AvgIpc) is 2.79. The molecule has 0 aliphatic heterocycles. The summed E-state index contributed by atoms with van der Waals surface area (Å²) in [7, 11) is 1.41. The fourth-order valence-corrected chi connectivity index (χ4v) is 3.65. The maximum atomic E-state index is 13.0. The molecule has 0 bridgehead atoms. The van der Waals surface area contributed by atoms with Crippen LogP contribution in [-0.4, -0.2) is 78.4 Å². The Kier molecular flexibility index (Phi) is 13.0. The highest BCUT2D eigenvalue weighted by atomic mass is 16.5. The molecule has 0 heterocycles. The number of carbonyl (C=O) groups is 6. The van der Waals surface area contributed by atoms with Gasteiger partial charge >= 0.3 is 0 Å². The first-order chi connectivity index (χ1) is 16.5. The normalized spacial score (nSPS) is 13.0. The molecule has 0 radical (unpaired) electrons. The molecule has 0 rings (SSSR count). The molecule has 0 unspecified atom stereocenters. The Morgan fingerprint density at radius 2 is 1.50 bits per heavy atom. The number of nitrogens with zero attached hydrogens (tertiary/aromatic N) is 1. The molecule has 0 saturated heterocycles. The van der Waals surface area contributed by atoms with Crippen LogP contribution in [0.1, 0.15) is 61.3 Å². The first kappa shape index (κ1) is 32.7. The Labute approximate surface area is 212 Å². The Balaban J connectivity index is 5.11. The first-order valence-corrected chi connectivity index (χ1v) is 11.7. The van der Waals surface area contributed by atoms with Crippen molar-refractivity contribution in [3.8, 4) is 0 Å². The van der Waals surface area contributed by atoms with E-state index in [2.05, 4.69) is 27.8 Å². The summed E-state index contributed by atoms with van der Waals surface area (Å²) in [5.41, 5.74) is -2.07. The third kappa shape index (κ3) is 10.1. The number of ether oxygens (including phenoxy) is 1. The van der Waals surface area contributed by atoms with Crippen LogP contribution in [0.5, 0.6) is 0 Å². The lowest BCUT2D eigenvalue weighted by Gasteiger charge is -2.41. The molecular formula is C24H41N5O7. The van der Waals surface area contributed by atoms with Crippen LogP contribution in [0, 0.1) is 5.41 Å². The lowest BCUT2D eigenvalue weighted by atomic mass is 9.78. The van der Waals surface area contributed by atoms with Crippen LogP contribution < -0.4 is 21.3 Å². The van der Waals surface area contributed by atoms with Crippen molar-refractivity contribution < 1.29 is 33.5 Å². The van der Waals surface area contributed by atoms with E-state index in [9.17, 15) is 28.8 Å². The summed E-state index contributed by atoms with van der Waals surface area (Å²) in [6, 6.07) is -1.94. The van der Waals surface area contributed by atoms with E-state index in [1.54, 1.807) is 34.6 Å². The van der Waals surface area contributed by atoms with Gasteiger partial charge in [0.2, 0.25) is 29.5 Å². The van der Waals surface area contributed by atoms with Crippen molar-refractivity contribution >= 4 is 35.4 Å². The fourth-order valence-electron chi connectivity index (χ4n) is 3.65. The number of hydrogen-bond donors (Lipinski definition) is 4. The van der Waals surface area contributed by atoms with Gasteiger partial charge in [0.25, 0.3) is 5.91 Å². The van der Waals surface area contributed by atoms with Gasteiger partial charge in [-0.1, -0.05) is 27.4 Å². The molecule has 4 N–H and O–H groups in total. The molecule has 12 nitrogen and oxygen atoms in total. The van der Waals surface area contributed by atoms with Gasteiger partial charge < -0.3 is 26.0 Å². The summed E-state index contributed by atoms with van der Waals surface area (Å²) in [5, 5.41) is 9.90. The predicted molar refractivity (Wildman–Crippen MR) is 133 cm³/mol. The van der Waals surface area contributed by atoms with Crippen molar-refractivity contribution in [3.63, 3.8) is 0 Å². The quantitative estimate of drug-likeness (QED) is 0.188. The fraction of sp³-hybridized carbons (Fsp3) is 0.667. The lowest BCUT2D eigenvalue weighted by molar-refractivity contribution is -0.151. The first-order valence-electron chi connectivity index (χ1n) is 11.7. The van der Waals surface area contributed by atoms with E-state index >= 15 is 0 Å². The Morgan fingerprint density at radius 3 is 2.00 bits per heavy atom. The molecule has 0 aromatic heterocycles. The smallest absolute Gasteiger partial charge is 0.253 e. The van der Waals surface area contributed by atoms with Crippen LogP contribution in [0.2, 0.25) is 0 Å². The Hall–Kier alpha value is -3.28. The third-order valence-electron chi connectivity index (χ3n) is 5.37. The van der Waals surface area contributed by atoms with Crippen molar-refractivity contribution in [1.82, 2.24) is 26.2 Å². The highest BCUT2D eigenvalue weighted by molar-refractivity contribution is 6.01. The van der Waals surface area contributed by atoms with Crippen molar-refractivity contribution in [1.29, 1.82) is 0 Å². The van der Waals surface area contributed by atoms with Crippen LogP contribution in [0.15, 0.2) is 12.7 Å². The van der Waals surface area contributed by atoms with Gasteiger partial charge in [0, 0.05) is 24.5 Å². The number of nitrogens with one attached hydrogen (secondary N) is 4. The van der Waals surface area contributed by atoms with Gasteiger partial charge in [-0.05, 0) is 40.2 Å². The summed E-state index contributed by atoms with van der Waals surface area (Å²) in [5.74, 6) is -3.06. The van der Waals surface area contributed by atoms with E-state index in [1.807, 2.05) is 0 Å². The Morgan fingerprint density at radius 1 is 0.944 bits per heavy atom. The van der Waals surface area contributed by atoms with Crippen LogP contribution >= 0.6 is 0 Å². The topological polar surface area (TPSA) is 163 Å². The van der Waals surface area contributed by atoms with Crippen molar-refractivity contribution in [2.75, 3.05) is 20.4 Å². The maximum Gasteiger partial charge on any atom is 0.253 e. The number of imide groups is 1. The molecule has 2 atom stereocenters.